The van der Waals surface area contributed by atoms with Gasteiger partial charge in [-0.15, -0.1) is 0 Å². The van der Waals surface area contributed by atoms with Crippen LogP contribution in [0.1, 0.15) is 48.0 Å². The summed E-state index contributed by atoms with van der Waals surface area (Å²) in [5, 5.41) is 14.5. The Balaban J connectivity index is 1.77. The van der Waals surface area contributed by atoms with E-state index in [0.29, 0.717) is 5.92 Å². The molecule has 1 aromatic carbocycles. The minimum absolute atomic E-state index is 0.412. The largest absolute Gasteiger partial charge is 0.388 e. The average molecular weight is 256 g/mol. The highest BCUT2D eigenvalue weighted by Gasteiger charge is 2.23. The second-order valence-electron chi connectivity index (χ2n) is 5.49. The Morgan fingerprint density at radius 3 is 3.05 bits per heavy atom. The van der Waals surface area contributed by atoms with Gasteiger partial charge in [0.1, 0.15) is 0 Å². The quantitative estimate of drug-likeness (QED) is 0.916. The fourth-order valence-electron chi connectivity index (χ4n) is 3.12. The van der Waals surface area contributed by atoms with E-state index in [9.17, 15) is 5.11 Å². The number of nitrogens with zero attached hydrogens (tertiary/aromatic N) is 2. The van der Waals surface area contributed by atoms with Gasteiger partial charge in [0, 0.05) is 18.8 Å². The summed E-state index contributed by atoms with van der Waals surface area (Å²) in [7, 11) is 1.88. The maximum atomic E-state index is 10.4. The summed E-state index contributed by atoms with van der Waals surface area (Å²) in [5.74, 6) is 0.472. The van der Waals surface area contributed by atoms with E-state index < -0.39 is 6.10 Å². The molecule has 0 saturated carbocycles. The van der Waals surface area contributed by atoms with Crippen LogP contribution in [0.5, 0.6) is 0 Å². The molecule has 100 valence electrons. The van der Waals surface area contributed by atoms with Crippen LogP contribution in [0.15, 0.2) is 36.7 Å². The molecule has 1 aliphatic rings. The summed E-state index contributed by atoms with van der Waals surface area (Å²) in [5.41, 5.74) is 3.80. The topological polar surface area (TPSA) is 38.0 Å². The molecule has 1 N–H and O–H groups in total. The average Bonchev–Trinajstić information content (AvgIpc) is 2.86. The van der Waals surface area contributed by atoms with Gasteiger partial charge >= 0.3 is 0 Å². The Morgan fingerprint density at radius 2 is 2.26 bits per heavy atom. The highest BCUT2D eigenvalue weighted by Crippen LogP contribution is 2.37. The van der Waals surface area contributed by atoms with E-state index in [1.165, 1.54) is 30.4 Å². The van der Waals surface area contributed by atoms with Crippen LogP contribution >= 0.6 is 0 Å². The molecule has 3 rings (SSSR count). The van der Waals surface area contributed by atoms with E-state index in [-0.39, 0.29) is 0 Å². The van der Waals surface area contributed by atoms with Crippen molar-refractivity contribution in [2.24, 2.45) is 7.05 Å². The third-order valence-electron chi connectivity index (χ3n) is 4.11. The fraction of sp³-hybridized carbons (Fsp3) is 0.438. The van der Waals surface area contributed by atoms with Crippen LogP contribution < -0.4 is 0 Å². The number of benzene rings is 1. The highest BCUT2D eigenvalue weighted by atomic mass is 16.3. The standard InChI is InChI=1S/C16H20N2O/c1-18-11-14(10-17-18)16(19)9-13-7-4-6-12-5-2-3-8-15(12)13/h2-3,5,8,10-11,13,16,19H,4,6-7,9H2,1H3. The number of aryl methyl sites for hydroxylation is 2. The summed E-state index contributed by atoms with van der Waals surface area (Å²) in [6.45, 7) is 0. The van der Waals surface area contributed by atoms with E-state index in [1.807, 2.05) is 13.2 Å². The van der Waals surface area contributed by atoms with Crippen molar-refractivity contribution in [3.8, 4) is 0 Å². The summed E-state index contributed by atoms with van der Waals surface area (Å²) >= 11 is 0. The first-order valence-corrected chi connectivity index (χ1v) is 6.98. The van der Waals surface area contributed by atoms with Crippen molar-refractivity contribution < 1.29 is 5.11 Å². The Morgan fingerprint density at radius 1 is 1.42 bits per heavy atom. The van der Waals surface area contributed by atoms with E-state index in [0.717, 1.165) is 12.0 Å². The van der Waals surface area contributed by atoms with Gasteiger partial charge < -0.3 is 5.11 Å². The first kappa shape index (κ1) is 12.4. The third-order valence-corrected chi connectivity index (χ3v) is 4.11. The molecule has 0 aliphatic heterocycles. The molecule has 0 amide bonds. The molecule has 0 fully saturated rings. The number of rotatable bonds is 3. The second kappa shape index (κ2) is 5.17. The molecule has 3 nitrogen and oxygen atoms in total. The minimum atomic E-state index is -0.412. The van der Waals surface area contributed by atoms with Crippen LogP contribution in [0.25, 0.3) is 0 Å². The van der Waals surface area contributed by atoms with Crippen molar-refractivity contribution in [2.45, 2.75) is 37.7 Å². The number of aliphatic hydroxyl groups excluding tert-OH is 1. The molecule has 0 bridgehead atoms. The molecule has 0 radical (unpaired) electrons. The van der Waals surface area contributed by atoms with E-state index in [4.69, 9.17) is 0 Å². The van der Waals surface area contributed by atoms with Crippen molar-refractivity contribution in [3.63, 3.8) is 0 Å². The molecule has 2 aromatic rings. The SMILES string of the molecule is Cn1cc(C(O)CC2CCCc3ccccc32)cn1. The van der Waals surface area contributed by atoms with E-state index in [2.05, 4.69) is 29.4 Å². The van der Waals surface area contributed by atoms with Gasteiger partial charge in [-0.05, 0) is 42.7 Å². The van der Waals surface area contributed by atoms with Crippen LogP contribution in [0.3, 0.4) is 0 Å². The van der Waals surface area contributed by atoms with Crippen molar-refractivity contribution in [3.05, 3.63) is 53.3 Å². The molecule has 2 atom stereocenters. The zero-order chi connectivity index (χ0) is 13.2. The van der Waals surface area contributed by atoms with Crippen molar-refractivity contribution in [2.75, 3.05) is 0 Å². The van der Waals surface area contributed by atoms with Crippen LogP contribution in [0.2, 0.25) is 0 Å². The van der Waals surface area contributed by atoms with Gasteiger partial charge in [-0.3, -0.25) is 4.68 Å². The number of hydrogen-bond acceptors (Lipinski definition) is 2. The monoisotopic (exact) mass is 256 g/mol. The maximum Gasteiger partial charge on any atom is 0.0826 e. The molecule has 19 heavy (non-hydrogen) atoms. The third kappa shape index (κ3) is 2.56. The van der Waals surface area contributed by atoms with E-state index in [1.54, 1.807) is 10.9 Å². The molecule has 0 spiro atoms. The van der Waals surface area contributed by atoms with Crippen LogP contribution in [-0.2, 0) is 13.5 Å². The smallest absolute Gasteiger partial charge is 0.0826 e. The number of aromatic nitrogens is 2. The van der Waals surface area contributed by atoms with Crippen LogP contribution in [0.4, 0.5) is 0 Å². The molecule has 0 saturated heterocycles. The first-order valence-electron chi connectivity index (χ1n) is 6.98. The number of aliphatic hydroxyl groups is 1. The normalized spacial score (nSPS) is 20.0. The van der Waals surface area contributed by atoms with Gasteiger partial charge in [0.15, 0.2) is 0 Å². The lowest BCUT2D eigenvalue weighted by molar-refractivity contribution is 0.154. The van der Waals surface area contributed by atoms with Crippen molar-refractivity contribution in [1.82, 2.24) is 9.78 Å². The lowest BCUT2D eigenvalue weighted by Gasteiger charge is -2.27. The molecule has 1 aliphatic carbocycles. The fourth-order valence-corrected chi connectivity index (χ4v) is 3.12. The second-order valence-corrected chi connectivity index (χ2v) is 5.49. The zero-order valence-corrected chi connectivity index (χ0v) is 11.3. The predicted octanol–water partition coefficient (Wildman–Crippen LogP) is 2.96. The van der Waals surface area contributed by atoms with Gasteiger partial charge in [0.2, 0.25) is 0 Å². The van der Waals surface area contributed by atoms with Crippen molar-refractivity contribution in [1.29, 1.82) is 0 Å². The molecular formula is C16H20N2O. The lowest BCUT2D eigenvalue weighted by atomic mass is 9.79. The molecular weight excluding hydrogens is 236 g/mol. The Hall–Kier alpha value is -1.61. The summed E-state index contributed by atoms with van der Waals surface area (Å²) in [4.78, 5) is 0. The zero-order valence-electron chi connectivity index (χ0n) is 11.3. The Labute approximate surface area is 113 Å². The number of fused-ring (bicyclic) bond motifs is 1. The summed E-state index contributed by atoms with van der Waals surface area (Å²) in [6, 6.07) is 8.65. The van der Waals surface area contributed by atoms with Gasteiger partial charge in [-0.1, -0.05) is 24.3 Å². The van der Waals surface area contributed by atoms with Gasteiger partial charge in [0.25, 0.3) is 0 Å². The van der Waals surface area contributed by atoms with Gasteiger partial charge in [-0.2, -0.15) is 5.10 Å². The summed E-state index contributed by atoms with van der Waals surface area (Å²) < 4.78 is 1.74. The van der Waals surface area contributed by atoms with Gasteiger partial charge in [0.05, 0.1) is 12.3 Å². The molecule has 1 heterocycles. The first-order chi connectivity index (χ1) is 9.24. The maximum absolute atomic E-state index is 10.4. The van der Waals surface area contributed by atoms with Gasteiger partial charge in [-0.25, -0.2) is 0 Å². The van der Waals surface area contributed by atoms with Crippen molar-refractivity contribution >= 4 is 0 Å². The molecule has 3 heteroatoms. The Bertz CT molecular complexity index is 561. The highest BCUT2D eigenvalue weighted by molar-refractivity contribution is 5.32. The Kier molecular flexibility index (Phi) is 3.38. The molecule has 1 aromatic heterocycles. The number of hydrogen-bond donors (Lipinski definition) is 1. The summed E-state index contributed by atoms with van der Waals surface area (Å²) in [6.07, 6.45) is 7.62. The lowest BCUT2D eigenvalue weighted by Crippen LogP contribution is -2.12. The van der Waals surface area contributed by atoms with Crippen LogP contribution in [0, 0.1) is 0 Å². The minimum Gasteiger partial charge on any atom is -0.388 e. The van der Waals surface area contributed by atoms with Crippen LogP contribution in [-0.4, -0.2) is 14.9 Å². The van der Waals surface area contributed by atoms with E-state index >= 15 is 0 Å². The molecule has 2 unspecified atom stereocenters. The predicted molar refractivity (Wildman–Crippen MR) is 74.9 cm³/mol.